The third-order valence-corrected chi connectivity index (χ3v) is 4.13. The van der Waals surface area contributed by atoms with Crippen LogP contribution in [0.15, 0.2) is 30.6 Å². The molecule has 98 valence electrons. The van der Waals surface area contributed by atoms with Crippen molar-refractivity contribution in [1.82, 2.24) is 9.97 Å². The molecule has 0 fully saturated rings. The van der Waals surface area contributed by atoms with Gasteiger partial charge in [-0.05, 0) is 17.7 Å². The standard InChI is InChI=1S/C13H10N6S/c14-5-9-10-12(13(19-16)18-6-17-10)20-11(9)7-1-3-8(15)4-2-7/h1-4,6H,15-16H2,(H,17,18,19). The summed E-state index contributed by atoms with van der Waals surface area (Å²) in [4.78, 5) is 9.07. The Morgan fingerprint density at radius 1 is 1.20 bits per heavy atom. The highest BCUT2D eigenvalue weighted by atomic mass is 32.1. The van der Waals surface area contributed by atoms with Crippen molar-refractivity contribution in [2.75, 3.05) is 11.2 Å². The van der Waals surface area contributed by atoms with E-state index in [0.29, 0.717) is 22.6 Å². The smallest absolute Gasteiger partial charge is 0.161 e. The molecule has 20 heavy (non-hydrogen) atoms. The van der Waals surface area contributed by atoms with Gasteiger partial charge in [0.1, 0.15) is 17.9 Å². The molecule has 0 bridgehead atoms. The van der Waals surface area contributed by atoms with Gasteiger partial charge < -0.3 is 11.2 Å². The van der Waals surface area contributed by atoms with Crippen LogP contribution in [0.4, 0.5) is 11.5 Å². The fourth-order valence-corrected chi connectivity index (χ4v) is 3.12. The lowest BCUT2D eigenvalue weighted by molar-refractivity contribution is 1.19. The maximum absolute atomic E-state index is 9.40. The molecule has 0 unspecified atom stereocenters. The first-order chi connectivity index (χ1) is 9.74. The van der Waals surface area contributed by atoms with Gasteiger partial charge in [-0.2, -0.15) is 5.26 Å². The van der Waals surface area contributed by atoms with Crippen molar-refractivity contribution in [3.8, 4) is 16.5 Å². The number of nitrogens with one attached hydrogen (secondary N) is 1. The van der Waals surface area contributed by atoms with Gasteiger partial charge in [-0.25, -0.2) is 15.8 Å². The number of nitriles is 1. The summed E-state index contributed by atoms with van der Waals surface area (Å²) in [7, 11) is 0. The Morgan fingerprint density at radius 3 is 2.60 bits per heavy atom. The van der Waals surface area contributed by atoms with E-state index in [4.69, 9.17) is 11.6 Å². The summed E-state index contributed by atoms with van der Waals surface area (Å²) < 4.78 is 0.762. The summed E-state index contributed by atoms with van der Waals surface area (Å²) in [5.74, 6) is 5.95. The van der Waals surface area contributed by atoms with Crippen molar-refractivity contribution in [1.29, 1.82) is 5.26 Å². The maximum Gasteiger partial charge on any atom is 0.161 e. The highest BCUT2D eigenvalue weighted by Crippen LogP contribution is 2.39. The Hall–Kier alpha value is -2.69. The van der Waals surface area contributed by atoms with Gasteiger partial charge in [0.2, 0.25) is 0 Å². The number of nitrogen functional groups attached to an aromatic ring is 2. The molecule has 0 radical (unpaired) electrons. The average Bonchev–Trinajstić information content (AvgIpc) is 2.86. The fourth-order valence-electron chi connectivity index (χ4n) is 1.95. The Morgan fingerprint density at radius 2 is 1.95 bits per heavy atom. The van der Waals surface area contributed by atoms with Gasteiger partial charge in [0, 0.05) is 5.69 Å². The molecule has 2 heterocycles. The van der Waals surface area contributed by atoms with Gasteiger partial charge in [0.15, 0.2) is 5.82 Å². The number of rotatable bonds is 2. The van der Waals surface area contributed by atoms with E-state index in [-0.39, 0.29) is 0 Å². The molecule has 6 nitrogen and oxygen atoms in total. The third-order valence-electron chi connectivity index (χ3n) is 2.89. The van der Waals surface area contributed by atoms with Crippen molar-refractivity contribution in [3.05, 3.63) is 36.2 Å². The fraction of sp³-hybridized carbons (Fsp3) is 0. The van der Waals surface area contributed by atoms with Gasteiger partial charge in [-0.3, -0.25) is 0 Å². The predicted octanol–water partition coefficient (Wildman–Crippen LogP) is 2.10. The largest absolute Gasteiger partial charge is 0.399 e. The van der Waals surface area contributed by atoms with Crippen LogP contribution in [0.25, 0.3) is 20.7 Å². The third kappa shape index (κ3) is 1.84. The molecular weight excluding hydrogens is 272 g/mol. The first-order valence-corrected chi connectivity index (χ1v) is 6.56. The zero-order chi connectivity index (χ0) is 14.1. The number of nitrogens with zero attached hydrogens (tertiary/aromatic N) is 3. The van der Waals surface area contributed by atoms with E-state index >= 15 is 0 Å². The van der Waals surface area contributed by atoms with E-state index in [1.54, 1.807) is 12.1 Å². The second-order valence-corrected chi connectivity index (χ2v) is 5.10. The molecule has 7 heteroatoms. The van der Waals surface area contributed by atoms with Crippen molar-refractivity contribution >= 4 is 33.1 Å². The minimum Gasteiger partial charge on any atom is -0.399 e. The SMILES string of the molecule is N#Cc1c(-c2ccc(N)cc2)sc2c(NN)ncnc12. The highest BCUT2D eigenvalue weighted by Gasteiger charge is 2.17. The van der Waals surface area contributed by atoms with Crippen LogP contribution in [0.1, 0.15) is 5.56 Å². The second kappa shape index (κ2) is 4.77. The number of hydrogen-bond donors (Lipinski definition) is 3. The molecule has 1 aromatic carbocycles. The van der Waals surface area contributed by atoms with Crippen LogP contribution >= 0.6 is 11.3 Å². The zero-order valence-electron chi connectivity index (χ0n) is 10.3. The van der Waals surface area contributed by atoms with E-state index in [1.165, 1.54) is 17.7 Å². The number of hydrazine groups is 1. The van der Waals surface area contributed by atoms with Crippen molar-refractivity contribution < 1.29 is 0 Å². The predicted molar refractivity (Wildman–Crippen MR) is 79.8 cm³/mol. The summed E-state index contributed by atoms with van der Waals surface area (Å²) in [5.41, 5.74) is 10.9. The number of thiophene rings is 1. The molecule has 0 amide bonds. The van der Waals surface area contributed by atoms with E-state index in [2.05, 4.69) is 21.5 Å². The number of benzene rings is 1. The number of aromatic nitrogens is 2. The molecular formula is C13H10N6S. The number of anilines is 2. The van der Waals surface area contributed by atoms with Crippen LogP contribution in [-0.4, -0.2) is 9.97 Å². The molecule has 0 spiro atoms. The van der Waals surface area contributed by atoms with Crippen LogP contribution in [-0.2, 0) is 0 Å². The van der Waals surface area contributed by atoms with E-state index in [0.717, 1.165) is 15.1 Å². The topological polar surface area (TPSA) is 114 Å². The Bertz CT molecular complexity index is 815. The molecule has 0 aliphatic heterocycles. The quantitative estimate of drug-likeness (QED) is 0.377. The molecule has 3 aromatic rings. The molecule has 0 atom stereocenters. The van der Waals surface area contributed by atoms with Crippen LogP contribution in [0.5, 0.6) is 0 Å². The van der Waals surface area contributed by atoms with Gasteiger partial charge in [0.25, 0.3) is 0 Å². The van der Waals surface area contributed by atoms with E-state index < -0.39 is 0 Å². The molecule has 2 aromatic heterocycles. The normalized spacial score (nSPS) is 10.4. The van der Waals surface area contributed by atoms with E-state index in [1.807, 2.05) is 12.1 Å². The lowest BCUT2D eigenvalue weighted by Crippen LogP contribution is -2.08. The lowest BCUT2D eigenvalue weighted by Gasteiger charge is -1.98. The van der Waals surface area contributed by atoms with Crippen LogP contribution in [0, 0.1) is 11.3 Å². The van der Waals surface area contributed by atoms with Gasteiger partial charge in [0.05, 0.1) is 15.1 Å². The first-order valence-electron chi connectivity index (χ1n) is 5.74. The maximum atomic E-state index is 9.40. The molecule has 0 aliphatic carbocycles. The van der Waals surface area contributed by atoms with Crippen LogP contribution in [0.3, 0.4) is 0 Å². The van der Waals surface area contributed by atoms with Gasteiger partial charge >= 0.3 is 0 Å². The molecule has 5 N–H and O–H groups in total. The van der Waals surface area contributed by atoms with Crippen LogP contribution < -0.4 is 17.0 Å². The Labute approximate surface area is 118 Å². The molecule has 3 rings (SSSR count). The number of hydrogen-bond acceptors (Lipinski definition) is 7. The average molecular weight is 282 g/mol. The monoisotopic (exact) mass is 282 g/mol. The minimum atomic E-state index is 0.512. The molecule has 0 saturated heterocycles. The summed E-state index contributed by atoms with van der Waals surface area (Å²) in [6.07, 6.45) is 1.39. The summed E-state index contributed by atoms with van der Waals surface area (Å²) >= 11 is 1.43. The Kier molecular flexibility index (Phi) is 2.95. The van der Waals surface area contributed by atoms with Crippen LogP contribution in [0.2, 0.25) is 0 Å². The van der Waals surface area contributed by atoms with E-state index in [9.17, 15) is 5.26 Å². The summed E-state index contributed by atoms with van der Waals surface area (Å²) in [6, 6.07) is 9.56. The number of nitrogens with two attached hydrogens (primary N) is 2. The highest BCUT2D eigenvalue weighted by molar-refractivity contribution is 7.23. The zero-order valence-corrected chi connectivity index (χ0v) is 11.1. The second-order valence-electron chi connectivity index (χ2n) is 4.08. The summed E-state index contributed by atoms with van der Waals surface area (Å²) in [5, 5.41) is 9.40. The van der Waals surface area contributed by atoms with Crippen molar-refractivity contribution in [2.24, 2.45) is 5.84 Å². The number of fused-ring (bicyclic) bond motifs is 1. The first kappa shape index (κ1) is 12.3. The minimum absolute atomic E-state index is 0.512. The van der Waals surface area contributed by atoms with Gasteiger partial charge in [-0.15, -0.1) is 11.3 Å². The summed E-state index contributed by atoms with van der Waals surface area (Å²) in [6.45, 7) is 0. The molecule has 0 saturated carbocycles. The molecule has 0 aliphatic rings. The van der Waals surface area contributed by atoms with Crippen molar-refractivity contribution in [3.63, 3.8) is 0 Å². The van der Waals surface area contributed by atoms with Crippen molar-refractivity contribution in [2.45, 2.75) is 0 Å². The Balaban J connectivity index is 2.31. The van der Waals surface area contributed by atoms with Gasteiger partial charge in [-0.1, -0.05) is 12.1 Å². The lowest BCUT2D eigenvalue weighted by atomic mass is 10.1.